The molecule has 1 aromatic rings. The number of carbonyl (C=O) groups excluding carboxylic acids is 1. The molecule has 1 fully saturated rings. The molecule has 5 heteroatoms. The highest BCUT2D eigenvalue weighted by Gasteiger charge is 2.20. The zero-order valence-electron chi connectivity index (χ0n) is 10.7. The zero-order valence-corrected chi connectivity index (χ0v) is 10.7. The van der Waals surface area contributed by atoms with E-state index in [0.717, 1.165) is 31.8 Å². The van der Waals surface area contributed by atoms with E-state index < -0.39 is 5.91 Å². The Morgan fingerprint density at radius 1 is 1.44 bits per heavy atom. The monoisotopic (exact) mass is 248 g/mol. The molecule has 1 aliphatic rings. The summed E-state index contributed by atoms with van der Waals surface area (Å²) in [5, 5.41) is 0. The number of pyridine rings is 1. The van der Waals surface area contributed by atoms with E-state index >= 15 is 0 Å². The zero-order chi connectivity index (χ0) is 13.1. The summed E-state index contributed by atoms with van der Waals surface area (Å²) < 4.78 is 0. The fourth-order valence-electron chi connectivity index (χ4n) is 2.38. The fourth-order valence-corrected chi connectivity index (χ4v) is 2.38. The van der Waals surface area contributed by atoms with Crippen LogP contribution in [-0.4, -0.2) is 24.0 Å². The van der Waals surface area contributed by atoms with Crippen LogP contribution in [0.5, 0.6) is 0 Å². The summed E-state index contributed by atoms with van der Waals surface area (Å²) in [6, 6.07) is 1.61. The van der Waals surface area contributed by atoms with Crippen molar-refractivity contribution >= 4 is 17.4 Å². The van der Waals surface area contributed by atoms with Gasteiger partial charge in [0.05, 0.1) is 17.4 Å². The molecule has 0 bridgehead atoms. The van der Waals surface area contributed by atoms with E-state index in [1.165, 1.54) is 6.42 Å². The van der Waals surface area contributed by atoms with Gasteiger partial charge in [-0.3, -0.25) is 4.79 Å². The van der Waals surface area contributed by atoms with Gasteiger partial charge >= 0.3 is 0 Å². The standard InChI is InChI=1S/C13H20N4O/c1-9-3-2-5-17(6-4-9)13-11(12(15)18)7-10(14)8-16-13/h7-9H,2-6,14H2,1H3,(H2,15,18). The normalized spacial score (nSPS) is 20.5. The van der Waals surface area contributed by atoms with Crippen molar-refractivity contribution in [2.45, 2.75) is 26.2 Å². The lowest BCUT2D eigenvalue weighted by atomic mass is 10.0. The smallest absolute Gasteiger partial charge is 0.252 e. The lowest BCUT2D eigenvalue weighted by Crippen LogP contribution is -2.28. The van der Waals surface area contributed by atoms with Crippen molar-refractivity contribution in [1.29, 1.82) is 0 Å². The first-order valence-electron chi connectivity index (χ1n) is 6.38. The van der Waals surface area contributed by atoms with Crippen LogP contribution in [0.4, 0.5) is 11.5 Å². The molecule has 0 aromatic carbocycles. The summed E-state index contributed by atoms with van der Waals surface area (Å²) in [4.78, 5) is 17.9. The summed E-state index contributed by atoms with van der Waals surface area (Å²) in [6.07, 6.45) is 5.03. The summed E-state index contributed by atoms with van der Waals surface area (Å²) in [5.41, 5.74) is 11.9. The molecular formula is C13H20N4O. The third kappa shape index (κ3) is 2.72. The summed E-state index contributed by atoms with van der Waals surface area (Å²) in [6.45, 7) is 4.09. The van der Waals surface area contributed by atoms with Crippen molar-refractivity contribution in [1.82, 2.24) is 4.98 Å². The molecule has 1 atom stereocenters. The van der Waals surface area contributed by atoms with Gasteiger partial charge in [0.15, 0.2) is 0 Å². The van der Waals surface area contributed by atoms with E-state index in [9.17, 15) is 4.79 Å². The van der Waals surface area contributed by atoms with E-state index in [-0.39, 0.29) is 0 Å². The molecule has 2 heterocycles. The molecule has 0 aliphatic carbocycles. The van der Waals surface area contributed by atoms with Gasteiger partial charge in [-0.1, -0.05) is 6.92 Å². The molecule has 18 heavy (non-hydrogen) atoms. The van der Waals surface area contributed by atoms with Crippen molar-refractivity contribution < 1.29 is 4.79 Å². The molecule has 5 nitrogen and oxygen atoms in total. The Labute approximate surface area is 107 Å². The summed E-state index contributed by atoms with van der Waals surface area (Å²) in [5.74, 6) is 0.925. The molecular weight excluding hydrogens is 228 g/mol. The summed E-state index contributed by atoms with van der Waals surface area (Å²) in [7, 11) is 0. The quantitative estimate of drug-likeness (QED) is 0.828. The van der Waals surface area contributed by atoms with Crippen LogP contribution in [-0.2, 0) is 0 Å². The van der Waals surface area contributed by atoms with E-state index in [1.54, 1.807) is 12.3 Å². The van der Waals surface area contributed by atoms with Crippen LogP contribution >= 0.6 is 0 Å². The van der Waals surface area contributed by atoms with Crippen molar-refractivity contribution in [3.05, 3.63) is 17.8 Å². The van der Waals surface area contributed by atoms with E-state index in [0.29, 0.717) is 17.1 Å². The minimum absolute atomic E-state index is 0.421. The second-order valence-electron chi connectivity index (χ2n) is 5.03. The lowest BCUT2D eigenvalue weighted by Gasteiger charge is -2.23. The Balaban J connectivity index is 2.29. The molecule has 0 saturated carbocycles. The Bertz CT molecular complexity index is 447. The number of hydrogen-bond acceptors (Lipinski definition) is 4. The number of aromatic nitrogens is 1. The number of amides is 1. The van der Waals surface area contributed by atoms with Gasteiger partial charge in [-0.2, -0.15) is 0 Å². The number of hydrogen-bond donors (Lipinski definition) is 2. The van der Waals surface area contributed by atoms with Crippen LogP contribution in [0, 0.1) is 5.92 Å². The average Bonchev–Trinajstić information content (AvgIpc) is 2.54. The van der Waals surface area contributed by atoms with Crippen LogP contribution < -0.4 is 16.4 Å². The maximum atomic E-state index is 11.5. The van der Waals surface area contributed by atoms with Crippen LogP contribution in [0.3, 0.4) is 0 Å². The molecule has 0 radical (unpaired) electrons. The number of rotatable bonds is 2. The molecule has 1 unspecified atom stereocenters. The highest BCUT2D eigenvalue weighted by molar-refractivity contribution is 5.98. The Morgan fingerprint density at radius 3 is 2.94 bits per heavy atom. The molecule has 1 aliphatic heterocycles. The van der Waals surface area contributed by atoms with E-state index in [4.69, 9.17) is 11.5 Å². The van der Waals surface area contributed by atoms with Gasteiger partial charge < -0.3 is 16.4 Å². The topological polar surface area (TPSA) is 85.2 Å². The third-order valence-corrected chi connectivity index (χ3v) is 3.47. The number of anilines is 2. The minimum atomic E-state index is -0.470. The van der Waals surface area contributed by atoms with Crippen LogP contribution in [0.1, 0.15) is 36.5 Å². The summed E-state index contributed by atoms with van der Waals surface area (Å²) >= 11 is 0. The minimum Gasteiger partial charge on any atom is -0.397 e. The van der Waals surface area contributed by atoms with Gasteiger partial charge in [0, 0.05) is 13.1 Å². The first-order valence-corrected chi connectivity index (χ1v) is 6.38. The van der Waals surface area contributed by atoms with Gasteiger partial charge in [-0.15, -0.1) is 0 Å². The molecule has 1 aromatic heterocycles. The number of nitrogens with zero attached hydrogens (tertiary/aromatic N) is 2. The average molecular weight is 248 g/mol. The van der Waals surface area contributed by atoms with Crippen molar-refractivity contribution in [2.75, 3.05) is 23.7 Å². The van der Waals surface area contributed by atoms with Gasteiger partial charge in [-0.25, -0.2) is 4.98 Å². The Kier molecular flexibility index (Phi) is 3.69. The largest absolute Gasteiger partial charge is 0.397 e. The predicted molar refractivity (Wildman–Crippen MR) is 72.4 cm³/mol. The molecule has 0 spiro atoms. The molecule has 98 valence electrons. The number of nitrogen functional groups attached to an aromatic ring is 1. The first kappa shape index (κ1) is 12.7. The SMILES string of the molecule is CC1CCCN(c2ncc(N)cc2C(N)=O)CC1. The van der Waals surface area contributed by atoms with Crippen LogP contribution in [0.2, 0.25) is 0 Å². The number of nitrogens with two attached hydrogens (primary N) is 2. The van der Waals surface area contributed by atoms with Crippen LogP contribution in [0.25, 0.3) is 0 Å². The van der Waals surface area contributed by atoms with Crippen LogP contribution in [0.15, 0.2) is 12.3 Å². The molecule has 1 amide bonds. The second-order valence-corrected chi connectivity index (χ2v) is 5.03. The highest BCUT2D eigenvalue weighted by atomic mass is 16.1. The van der Waals surface area contributed by atoms with Crippen molar-refractivity contribution in [2.24, 2.45) is 11.7 Å². The first-order chi connectivity index (χ1) is 8.58. The lowest BCUT2D eigenvalue weighted by molar-refractivity contribution is 0.100. The van der Waals surface area contributed by atoms with Crippen molar-refractivity contribution in [3.63, 3.8) is 0 Å². The van der Waals surface area contributed by atoms with Gasteiger partial charge in [0.2, 0.25) is 0 Å². The fraction of sp³-hybridized carbons (Fsp3) is 0.538. The van der Waals surface area contributed by atoms with E-state index in [2.05, 4.69) is 16.8 Å². The maximum absolute atomic E-state index is 11.5. The predicted octanol–water partition coefficient (Wildman–Crippen LogP) is 1.39. The number of primary amides is 1. The van der Waals surface area contributed by atoms with Gasteiger partial charge in [0.1, 0.15) is 5.82 Å². The molecule has 2 rings (SSSR count). The second kappa shape index (κ2) is 5.25. The Morgan fingerprint density at radius 2 is 2.22 bits per heavy atom. The van der Waals surface area contributed by atoms with Crippen molar-refractivity contribution in [3.8, 4) is 0 Å². The van der Waals surface area contributed by atoms with Gasteiger partial charge in [-0.05, 0) is 31.2 Å². The number of carbonyl (C=O) groups is 1. The Hall–Kier alpha value is -1.78. The van der Waals surface area contributed by atoms with Gasteiger partial charge in [0.25, 0.3) is 5.91 Å². The maximum Gasteiger partial charge on any atom is 0.252 e. The molecule has 1 saturated heterocycles. The highest BCUT2D eigenvalue weighted by Crippen LogP contribution is 2.24. The molecule has 4 N–H and O–H groups in total. The third-order valence-electron chi connectivity index (χ3n) is 3.47. The van der Waals surface area contributed by atoms with E-state index in [1.807, 2.05) is 0 Å².